The molecule has 7 heteroatoms. The van der Waals surface area contributed by atoms with Crippen LogP contribution in [0.5, 0.6) is 0 Å². The Balaban J connectivity index is 3.01. The Morgan fingerprint density at radius 2 is 2.00 bits per heavy atom. The number of hydrogen-bond donors (Lipinski definition) is 2. The molecule has 0 radical (unpaired) electrons. The molecule has 1 heterocycles. The van der Waals surface area contributed by atoms with Crippen molar-refractivity contribution in [3.05, 3.63) is 11.4 Å². The Kier molecular flexibility index (Phi) is 5.30. The molecule has 18 heavy (non-hydrogen) atoms. The molecule has 0 aliphatic carbocycles. The zero-order chi connectivity index (χ0) is 13.8. The summed E-state index contributed by atoms with van der Waals surface area (Å²) in [6.45, 7) is 7.27. The number of rotatable bonds is 7. The number of sulfonamides is 1. The Labute approximate surface area is 109 Å². The third-order valence-corrected chi connectivity index (χ3v) is 4.51. The highest BCUT2D eigenvalue weighted by Gasteiger charge is 2.23. The lowest BCUT2D eigenvalue weighted by Gasteiger charge is -2.06. The molecule has 104 valence electrons. The van der Waals surface area contributed by atoms with Crippen molar-refractivity contribution >= 4 is 10.0 Å². The van der Waals surface area contributed by atoms with E-state index < -0.39 is 10.0 Å². The van der Waals surface area contributed by atoms with Gasteiger partial charge in [-0.3, -0.25) is 4.68 Å². The van der Waals surface area contributed by atoms with Crippen molar-refractivity contribution < 1.29 is 8.42 Å². The minimum Gasteiger partial charge on any atom is -0.320 e. The molecule has 0 saturated heterocycles. The molecule has 0 bridgehead atoms. The maximum Gasteiger partial charge on any atom is 0.244 e. The average Bonchev–Trinajstić information content (AvgIpc) is 2.55. The highest BCUT2D eigenvalue weighted by Crippen LogP contribution is 2.19. The SMILES string of the molecule is CCNS(=O)(=O)c1c(C)nn(CCCNC)c1C. The van der Waals surface area contributed by atoms with Gasteiger partial charge in [0, 0.05) is 13.1 Å². The minimum absolute atomic E-state index is 0.314. The van der Waals surface area contributed by atoms with Crippen LogP contribution >= 0.6 is 0 Å². The van der Waals surface area contributed by atoms with E-state index in [2.05, 4.69) is 15.1 Å². The molecule has 0 spiro atoms. The summed E-state index contributed by atoms with van der Waals surface area (Å²) in [5.41, 5.74) is 1.25. The maximum absolute atomic E-state index is 12.0. The summed E-state index contributed by atoms with van der Waals surface area (Å²) in [5, 5.41) is 7.36. The monoisotopic (exact) mass is 274 g/mol. The van der Waals surface area contributed by atoms with Crippen molar-refractivity contribution in [2.75, 3.05) is 20.1 Å². The van der Waals surface area contributed by atoms with Crippen molar-refractivity contribution in [2.24, 2.45) is 0 Å². The van der Waals surface area contributed by atoms with Crippen LogP contribution in [0.25, 0.3) is 0 Å². The van der Waals surface area contributed by atoms with Crippen LogP contribution in [0.1, 0.15) is 24.7 Å². The molecular formula is C11H22N4O2S. The van der Waals surface area contributed by atoms with Gasteiger partial charge >= 0.3 is 0 Å². The maximum atomic E-state index is 12.0. The number of nitrogens with zero attached hydrogens (tertiary/aromatic N) is 2. The summed E-state index contributed by atoms with van der Waals surface area (Å²) < 4.78 is 28.3. The lowest BCUT2D eigenvalue weighted by molar-refractivity contribution is 0.546. The van der Waals surface area contributed by atoms with Crippen molar-refractivity contribution in [1.29, 1.82) is 0 Å². The van der Waals surface area contributed by atoms with Crippen molar-refractivity contribution in [1.82, 2.24) is 19.8 Å². The summed E-state index contributed by atoms with van der Waals surface area (Å²) in [4.78, 5) is 0.314. The fraction of sp³-hybridized carbons (Fsp3) is 0.727. The number of nitrogens with one attached hydrogen (secondary N) is 2. The van der Waals surface area contributed by atoms with E-state index in [1.165, 1.54) is 0 Å². The Hall–Kier alpha value is -0.920. The van der Waals surface area contributed by atoms with Crippen LogP contribution in [0, 0.1) is 13.8 Å². The molecule has 0 aromatic carbocycles. The van der Waals surface area contributed by atoms with E-state index in [1.807, 2.05) is 7.05 Å². The van der Waals surface area contributed by atoms with Crippen LogP contribution < -0.4 is 10.0 Å². The molecule has 0 unspecified atom stereocenters. The minimum atomic E-state index is -3.43. The van der Waals surface area contributed by atoms with E-state index in [1.54, 1.807) is 25.5 Å². The number of aromatic nitrogens is 2. The largest absolute Gasteiger partial charge is 0.320 e. The first kappa shape index (κ1) is 15.1. The zero-order valence-electron chi connectivity index (χ0n) is 11.4. The van der Waals surface area contributed by atoms with E-state index in [9.17, 15) is 8.42 Å². The average molecular weight is 274 g/mol. The van der Waals surface area contributed by atoms with Crippen molar-refractivity contribution in [2.45, 2.75) is 38.6 Å². The lowest BCUT2D eigenvalue weighted by Crippen LogP contribution is -2.24. The van der Waals surface area contributed by atoms with Crippen LogP contribution in [0.3, 0.4) is 0 Å². The number of hydrogen-bond acceptors (Lipinski definition) is 4. The van der Waals surface area contributed by atoms with E-state index >= 15 is 0 Å². The molecule has 0 aliphatic heterocycles. The zero-order valence-corrected chi connectivity index (χ0v) is 12.3. The normalized spacial score (nSPS) is 12.0. The molecular weight excluding hydrogens is 252 g/mol. The van der Waals surface area contributed by atoms with Crippen molar-refractivity contribution in [3.63, 3.8) is 0 Å². The molecule has 0 aliphatic rings. The molecule has 0 saturated carbocycles. The predicted molar refractivity (Wildman–Crippen MR) is 71.1 cm³/mol. The summed E-state index contributed by atoms with van der Waals surface area (Å²) >= 11 is 0. The quantitative estimate of drug-likeness (QED) is 0.706. The van der Waals surface area contributed by atoms with Gasteiger partial charge in [0.2, 0.25) is 10.0 Å². The smallest absolute Gasteiger partial charge is 0.244 e. The van der Waals surface area contributed by atoms with Gasteiger partial charge in [-0.25, -0.2) is 13.1 Å². The lowest BCUT2D eigenvalue weighted by atomic mass is 10.4. The molecule has 0 atom stereocenters. The van der Waals surface area contributed by atoms with Gasteiger partial charge in [0.25, 0.3) is 0 Å². The fourth-order valence-corrected chi connectivity index (χ4v) is 3.40. The highest BCUT2D eigenvalue weighted by atomic mass is 32.2. The molecule has 0 amide bonds. The first-order valence-corrected chi connectivity index (χ1v) is 7.60. The molecule has 2 N–H and O–H groups in total. The summed E-state index contributed by atoms with van der Waals surface area (Å²) in [5.74, 6) is 0. The second-order valence-electron chi connectivity index (χ2n) is 4.18. The Morgan fingerprint density at radius 1 is 1.33 bits per heavy atom. The fourth-order valence-electron chi connectivity index (χ4n) is 1.95. The van der Waals surface area contributed by atoms with Gasteiger partial charge in [0.1, 0.15) is 4.90 Å². The Morgan fingerprint density at radius 3 is 2.56 bits per heavy atom. The van der Waals surface area contributed by atoms with E-state index in [4.69, 9.17) is 0 Å². The van der Waals surface area contributed by atoms with Gasteiger partial charge in [-0.05, 0) is 33.9 Å². The van der Waals surface area contributed by atoms with Crippen LogP contribution in [-0.4, -0.2) is 38.3 Å². The number of aryl methyl sites for hydroxylation is 2. The highest BCUT2D eigenvalue weighted by molar-refractivity contribution is 7.89. The third kappa shape index (κ3) is 3.30. The van der Waals surface area contributed by atoms with E-state index in [0.29, 0.717) is 22.8 Å². The summed E-state index contributed by atoms with van der Waals surface area (Å²) in [6, 6.07) is 0. The standard InChI is InChI=1S/C11H22N4O2S/c1-5-13-18(16,17)11-9(2)14-15(10(11)3)8-6-7-12-4/h12-13H,5-8H2,1-4H3. The van der Waals surface area contributed by atoms with Gasteiger partial charge in [0.05, 0.1) is 11.4 Å². The van der Waals surface area contributed by atoms with Crippen LogP contribution in [-0.2, 0) is 16.6 Å². The van der Waals surface area contributed by atoms with Gasteiger partial charge < -0.3 is 5.32 Å². The molecule has 6 nitrogen and oxygen atoms in total. The van der Waals surface area contributed by atoms with E-state index in [0.717, 1.165) is 19.5 Å². The topological polar surface area (TPSA) is 76.0 Å². The van der Waals surface area contributed by atoms with Gasteiger partial charge in [-0.15, -0.1) is 0 Å². The van der Waals surface area contributed by atoms with Gasteiger partial charge in [-0.2, -0.15) is 5.10 Å². The predicted octanol–water partition coefficient (Wildman–Crippen LogP) is 0.408. The molecule has 1 rings (SSSR count). The third-order valence-electron chi connectivity index (χ3n) is 2.71. The van der Waals surface area contributed by atoms with Crippen LogP contribution in [0.2, 0.25) is 0 Å². The first-order chi connectivity index (χ1) is 8.44. The second-order valence-corrected chi connectivity index (χ2v) is 5.89. The van der Waals surface area contributed by atoms with Crippen LogP contribution in [0.4, 0.5) is 0 Å². The summed E-state index contributed by atoms with van der Waals surface area (Å²) in [7, 11) is -1.54. The van der Waals surface area contributed by atoms with Crippen LogP contribution in [0.15, 0.2) is 4.90 Å². The second kappa shape index (κ2) is 6.31. The van der Waals surface area contributed by atoms with Gasteiger partial charge in [-0.1, -0.05) is 6.92 Å². The molecule has 1 aromatic rings. The van der Waals surface area contributed by atoms with E-state index in [-0.39, 0.29) is 0 Å². The first-order valence-electron chi connectivity index (χ1n) is 6.12. The molecule has 0 fully saturated rings. The summed E-state index contributed by atoms with van der Waals surface area (Å²) in [6.07, 6.45) is 0.916. The van der Waals surface area contributed by atoms with Gasteiger partial charge in [0.15, 0.2) is 0 Å². The Bertz CT molecular complexity index is 493. The van der Waals surface area contributed by atoms with Crippen molar-refractivity contribution in [3.8, 4) is 0 Å². The molecule has 1 aromatic heterocycles.